The van der Waals surface area contributed by atoms with Crippen LogP contribution >= 0.6 is 0 Å². The van der Waals surface area contributed by atoms with Crippen LogP contribution in [0, 0.1) is 17.8 Å². The first-order valence-corrected chi connectivity index (χ1v) is 4.74. The highest BCUT2D eigenvalue weighted by atomic mass is 16.5. The number of carbonyl (C=O) groups is 1. The summed E-state index contributed by atoms with van der Waals surface area (Å²) in [5.74, 6) is 1.29. The predicted molar refractivity (Wildman–Crippen MR) is 47.7 cm³/mol. The van der Waals surface area contributed by atoms with Gasteiger partial charge in [0.2, 0.25) is 0 Å². The molecule has 2 nitrogen and oxygen atoms in total. The first kappa shape index (κ1) is 9.56. The average Bonchev–Trinajstić information content (AvgIpc) is 2.08. The van der Waals surface area contributed by atoms with Gasteiger partial charge >= 0.3 is 5.97 Å². The number of methoxy groups -OCH3 is 1. The van der Waals surface area contributed by atoms with Crippen molar-refractivity contribution in [3.63, 3.8) is 0 Å². The molecule has 0 amide bonds. The fourth-order valence-electron chi connectivity index (χ4n) is 2.07. The van der Waals surface area contributed by atoms with Gasteiger partial charge in [0, 0.05) is 0 Å². The molecule has 1 aliphatic rings. The lowest BCUT2D eigenvalue weighted by molar-refractivity contribution is -0.149. The maximum absolute atomic E-state index is 11.3. The van der Waals surface area contributed by atoms with Crippen LogP contribution in [0.25, 0.3) is 0 Å². The Morgan fingerprint density at radius 2 is 2.00 bits per heavy atom. The van der Waals surface area contributed by atoms with Crippen LogP contribution < -0.4 is 0 Å². The normalized spacial score (nSPS) is 36.1. The molecule has 0 aromatic rings. The Morgan fingerprint density at radius 1 is 1.33 bits per heavy atom. The standard InChI is InChI=1S/C10H18O2/c1-7-5-4-6-9(8(7)2)10(11)12-3/h7-9H,4-6H2,1-3H3. The van der Waals surface area contributed by atoms with Crippen molar-refractivity contribution >= 4 is 5.97 Å². The molecule has 0 bridgehead atoms. The fourth-order valence-corrected chi connectivity index (χ4v) is 2.07. The molecule has 0 saturated heterocycles. The van der Waals surface area contributed by atoms with Crippen LogP contribution in [0.15, 0.2) is 0 Å². The van der Waals surface area contributed by atoms with Crippen molar-refractivity contribution in [3.05, 3.63) is 0 Å². The van der Waals surface area contributed by atoms with Crippen LogP contribution in [0.3, 0.4) is 0 Å². The second-order valence-electron chi connectivity index (χ2n) is 3.90. The summed E-state index contributed by atoms with van der Waals surface area (Å²) in [6.07, 6.45) is 3.44. The predicted octanol–water partition coefficient (Wildman–Crippen LogP) is 2.23. The van der Waals surface area contributed by atoms with Crippen molar-refractivity contribution < 1.29 is 9.53 Å². The van der Waals surface area contributed by atoms with E-state index in [0.29, 0.717) is 11.8 Å². The van der Waals surface area contributed by atoms with Gasteiger partial charge in [0.15, 0.2) is 0 Å². The van der Waals surface area contributed by atoms with Crippen LogP contribution in [0.1, 0.15) is 33.1 Å². The molecule has 0 N–H and O–H groups in total. The molecule has 12 heavy (non-hydrogen) atoms. The van der Waals surface area contributed by atoms with Crippen LogP contribution in [-0.4, -0.2) is 13.1 Å². The largest absolute Gasteiger partial charge is 0.469 e. The third-order valence-corrected chi connectivity index (χ3v) is 3.21. The van der Waals surface area contributed by atoms with Crippen LogP contribution in [0.4, 0.5) is 0 Å². The quantitative estimate of drug-likeness (QED) is 0.564. The van der Waals surface area contributed by atoms with Gasteiger partial charge in [0.1, 0.15) is 0 Å². The van der Waals surface area contributed by atoms with E-state index in [-0.39, 0.29) is 11.9 Å². The minimum atomic E-state index is -0.0194. The van der Waals surface area contributed by atoms with Gasteiger partial charge in [0.05, 0.1) is 13.0 Å². The lowest BCUT2D eigenvalue weighted by Crippen LogP contribution is -2.31. The van der Waals surface area contributed by atoms with E-state index < -0.39 is 0 Å². The summed E-state index contributed by atoms with van der Waals surface area (Å²) in [6, 6.07) is 0. The van der Waals surface area contributed by atoms with Gasteiger partial charge < -0.3 is 4.74 Å². The van der Waals surface area contributed by atoms with Crippen molar-refractivity contribution in [1.29, 1.82) is 0 Å². The topological polar surface area (TPSA) is 26.3 Å². The van der Waals surface area contributed by atoms with Crippen LogP contribution in [-0.2, 0) is 9.53 Å². The molecule has 70 valence electrons. The molecule has 0 aliphatic heterocycles. The fraction of sp³-hybridized carbons (Fsp3) is 0.900. The molecule has 0 spiro atoms. The third-order valence-electron chi connectivity index (χ3n) is 3.21. The highest BCUT2D eigenvalue weighted by Gasteiger charge is 2.32. The van der Waals surface area contributed by atoms with E-state index in [1.165, 1.54) is 20.0 Å². The van der Waals surface area contributed by atoms with E-state index in [9.17, 15) is 4.79 Å². The monoisotopic (exact) mass is 170 g/mol. The minimum Gasteiger partial charge on any atom is -0.469 e. The first-order chi connectivity index (χ1) is 5.66. The zero-order chi connectivity index (χ0) is 9.14. The number of carbonyl (C=O) groups excluding carboxylic acids is 1. The minimum absolute atomic E-state index is 0.0194. The Hall–Kier alpha value is -0.530. The maximum atomic E-state index is 11.3. The molecule has 1 fully saturated rings. The van der Waals surface area contributed by atoms with Crippen molar-refractivity contribution in [2.45, 2.75) is 33.1 Å². The molecule has 2 heteroatoms. The summed E-state index contributed by atoms with van der Waals surface area (Å²) in [6.45, 7) is 4.38. The van der Waals surface area contributed by atoms with E-state index in [1.807, 2.05) is 0 Å². The number of esters is 1. The summed E-state index contributed by atoms with van der Waals surface area (Å²) >= 11 is 0. The lowest BCUT2D eigenvalue weighted by atomic mass is 9.74. The van der Waals surface area contributed by atoms with Gasteiger partial charge in [0.25, 0.3) is 0 Å². The SMILES string of the molecule is COC(=O)C1CCCC(C)C1C. The molecular formula is C10H18O2. The molecule has 3 atom stereocenters. The molecule has 1 aliphatic carbocycles. The molecule has 1 saturated carbocycles. The van der Waals surface area contributed by atoms with Gasteiger partial charge in [-0.2, -0.15) is 0 Å². The smallest absolute Gasteiger partial charge is 0.308 e. The van der Waals surface area contributed by atoms with Gasteiger partial charge in [-0.15, -0.1) is 0 Å². The van der Waals surface area contributed by atoms with Gasteiger partial charge in [-0.05, 0) is 18.3 Å². The maximum Gasteiger partial charge on any atom is 0.308 e. The van der Waals surface area contributed by atoms with E-state index in [4.69, 9.17) is 4.74 Å². The Balaban J connectivity index is 2.57. The number of hydrogen-bond donors (Lipinski definition) is 0. The van der Waals surface area contributed by atoms with Crippen molar-refractivity contribution in [2.75, 3.05) is 7.11 Å². The Labute approximate surface area is 74.3 Å². The van der Waals surface area contributed by atoms with Crippen molar-refractivity contribution in [1.82, 2.24) is 0 Å². The van der Waals surface area contributed by atoms with E-state index in [0.717, 1.165) is 6.42 Å². The van der Waals surface area contributed by atoms with E-state index in [2.05, 4.69) is 13.8 Å². The summed E-state index contributed by atoms with van der Waals surface area (Å²) in [4.78, 5) is 11.3. The van der Waals surface area contributed by atoms with Gasteiger partial charge in [-0.25, -0.2) is 0 Å². The van der Waals surface area contributed by atoms with Gasteiger partial charge in [-0.3, -0.25) is 4.79 Å². The summed E-state index contributed by atoms with van der Waals surface area (Å²) < 4.78 is 4.77. The van der Waals surface area contributed by atoms with Crippen molar-refractivity contribution in [2.24, 2.45) is 17.8 Å². The molecular weight excluding hydrogens is 152 g/mol. The third kappa shape index (κ3) is 1.79. The molecule has 0 aromatic heterocycles. The molecule has 0 heterocycles. The lowest BCUT2D eigenvalue weighted by Gasteiger charge is -2.31. The zero-order valence-corrected chi connectivity index (χ0v) is 8.17. The second kappa shape index (κ2) is 3.92. The Kier molecular flexibility index (Phi) is 3.12. The molecule has 1 rings (SSSR count). The zero-order valence-electron chi connectivity index (χ0n) is 8.17. The number of hydrogen-bond acceptors (Lipinski definition) is 2. The summed E-state index contributed by atoms with van der Waals surface area (Å²) in [5, 5.41) is 0. The Morgan fingerprint density at radius 3 is 2.58 bits per heavy atom. The Bertz CT molecular complexity index is 165. The van der Waals surface area contributed by atoms with Crippen LogP contribution in [0.2, 0.25) is 0 Å². The average molecular weight is 170 g/mol. The summed E-state index contributed by atoms with van der Waals surface area (Å²) in [7, 11) is 1.48. The molecule has 0 aromatic carbocycles. The highest BCUT2D eigenvalue weighted by molar-refractivity contribution is 5.72. The number of ether oxygens (including phenoxy) is 1. The molecule has 0 radical (unpaired) electrons. The van der Waals surface area contributed by atoms with E-state index in [1.54, 1.807) is 0 Å². The summed E-state index contributed by atoms with van der Waals surface area (Å²) in [5.41, 5.74) is 0. The van der Waals surface area contributed by atoms with Crippen LogP contribution in [0.5, 0.6) is 0 Å². The van der Waals surface area contributed by atoms with E-state index >= 15 is 0 Å². The van der Waals surface area contributed by atoms with Gasteiger partial charge in [-0.1, -0.05) is 26.7 Å². The second-order valence-corrected chi connectivity index (χ2v) is 3.90. The number of rotatable bonds is 1. The molecule has 3 unspecified atom stereocenters. The highest BCUT2D eigenvalue weighted by Crippen LogP contribution is 2.34. The van der Waals surface area contributed by atoms with Crippen molar-refractivity contribution in [3.8, 4) is 0 Å². The first-order valence-electron chi connectivity index (χ1n) is 4.74.